The molecule has 2 aromatic carbocycles. The number of hydrogen-bond donors (Lipinski definition) is 1. The zero-order chi connectivity index (χ0) is 21.2. The van der Waals surface area contributed by atoms with Gasteiger partial charge in [-0.05, 0) is 61.4 Å². The fourth-order valence-corrected chi connectivity index (χ4v) is 3.91. The summed E-state index contributed by atoms with van der Waals surface area (Å²) in [6.45, 7) is 3.43. The van der Waals surface area contributed by atoms with Gasteiger partial charge in [-0.25, -0.2) is 8.42 Å². The SMILES string of the molecule is CC(C)(O)c1ccc(C(=Cc2cccc(Br)c2)c2ccc(S(C)(=O)=O)cc2)nc1. The molecule has 0 aliphatic heterocycles. The van der Waals surface area contributed by atoms with Crippen molar-refractivity contribution < 1.29 is 13.5 Å². The summed E-state index contributed by atoms with van der Waals surface area (Å²) in [6.07, 6.45) is 4.86. The smallest absolute Gasteiger partial charge is 0.175 e. The number of hydrogen-bond acceptors (Lipinski definition) is 4. The van der Waals surface area contributed by atoms with Crippen molar-refractivity contribution in [3.05, 3.63) is 93.7 Å². The number of pyridine rings is 1. The molecule has 0 aliphatic rings. The van der Waals surface area contributed by atoms with Gasteiger partial charge in [0.2, 0.25) is 0 Å². The topological polar surface area (TPSA) is 67.3 Å². The molecule has 0 amide bonds. The number of aromatic nitrogens is 1. The molecule has 1 heterocycles. The molecule has 0 bridgehead atoms. The van der Waals surface area contributed by atoms with E-state index in [1.54, 1.807) is 44.3 Å². The van der Waals surface area contributed by atoms with E-state index in [0.717, 1.165) is 32.4 Å². The van der Waals surface area contributed by atoms with Gasteiger partial charge in [0.25, 0.3) is 0 Å². The van der Waals surface area contributed by atoms with E-state index in [4.69, 9.17) is 0 Å². The maximum atomic E-state index is 11.8. The highest BCUT2D eigenvalue weighted by Crippen LogP contribution is 2.28. The number of halogens is 1. The predicted octanol–water partition coefficient (Wildman–Crippen LogP) is 5.06. The van der Waals surface area contributed by atoms with Gasteiger partial charge in [0, 0.05) is 28.1 Å². The normalized spacial score (nSPS) is 12.8. The second-order valence-corrected chi connectivity index (χ2v) is 10.3. The van der Waals surface area contributed by atoms with Crippen LogP contribution in [-0.4, -0.2) is 24.8 Å². The maximum Gasteiger partial charge on any atom is 0.175 e. The molecule has 0 saturated carbocycles. The van der Waals surface area contributed by atoms with E-state index in [1.807, 2.05) is 42.5 Å². The number of benzene rings is 2. The largest absolute Gasteiger partial charge is 0.386 e. The Morgan fingerprint density at radius 3 is 2.28 bits per heavy atom. The molecule has 0 fully saturated rings. The molecule has 3 aromatic rings. The lowest BCUT2D eigenvalue weighted by Crippen LogP contribution is -2.15. The van der Waals surface area contributed by atoms with Gasteiger partial charge in [0.05, 0.1) is 16.2 Å². The molecule has 4 nitrogen and oxygen atoms in total. The summed E-state index contributed by atoms with van der Waals surface area (Å²) in [6, 6.07) is 18.4. The Kier molecular flexibility index (Phi) is 6.08. The van der Waals surface area contributed by atoms with Crippen LogP contribution >= 0.6 is 15.9 Å². The van der Waals surface area contributed by atoms with Crippen LogP contribution in [0.3, 0.4) is 0 Å². The maximum absolute atomic E-state index is 11.8. The average Bonchev–Trinajstić information content (AvgIpc) is 2.65. The summed E-state index contributed by atoms with van der Waals surface area (Å²) in [4.78, 5) is 4.83. The molecule has 3 rings (SSSR count). The molecule has 0 saturated heterocycles. The van der Waals surface area contributed by atoms with Crippen LogP contribution in [0.4, 0.5) is 0 Å². The Morgan fingerprint density at radius 1 is 1.07 bits per heavy atom. The number of sulfone groups is 1. The minimum absolute atomic E-state index is 0.272. The molecule has 0 radical (unpaired) electrons. The van der Waals surface area contributed by atoms with E-state index in [2.05, 4.69) is 20.9 Å². The van der Waals surface area contributed by atoms with Gasteiger partial charge in [-0.3, -0.25) is 4.98 Å². The average molecular weight is 472 g/mol. The predicted molar refractivity (Wildman–Crippen MR) is 120 cm³/mol. The van der Waals surface area contributed by atoms with Crippen molar-refractivity contribution in [2.45, 2.75) is 24.3 Å². The molecule has 0 atom stereocenters. The Labute approximate surface area is 180 Å². The van der Waals surface area contributed by atoms with E-state index in [-0.39, 0.29) is 4.90 Å². The second kappa shape index (κ2) is 8.22. The monoisotopic (exact) mass is 471 g/mol. The summed E-state index contributed by atoms with van der Waals surface area (Å²) in [5.74, 6) is 0. The molecular formula is C23H22BrNO3S. The van der Waals surface area contributed by atoms with Crippen LogP contribution < -0.4 is 0 Å². The van der Waals surface area contributed by atoms with Crippen LogP contribution in [-0.2, 0) is 15.4 Å². The summed E-state index contributed by atoms with van der Waals surface area (Å²) >= 11 is 3.49. The minimum Gasteiger partial charge on any atom is -0.386 e. The van der Waals surface area contributed by atoms with E-state index >= 15 is 0 Å². The fourth-order valence-electron chi connectivity index (χ4n) is 2.86. The van der Waals surface area contributed by atoms with E-state index in [0.29, 0.717) is 0 Å². The lowest BCUT2D eigenvalue weighted by molar-refractivity contribution is 0.0782. The zero-order valence-corrected chi connectivity index (χ0v) is 18.8. The first-order valence-electron chi connectivity index (χ1n) is 9.01. The van der Waals surface area contributed by atoms with Gasteiger partial charge in [0.1, 0.15) is 0 Å². The Bertz CT molecular complexity index is 1140. The van der Waals surface area contributed by atoms with Crippen LogP contribution in [0.1, 0.15) is 36.2 Å². The van der Waals surface area contributed by atoms with Crippen molar-refractivity contribution in [1.82, 2.24) is 4.98 Å². The van der Waals surface area contributed by atoms with Crippen LogP contribution in [0.25, 0.3) is 11.6 Å². The first-order valence-corrected chi connectivity index (χ1v) is 11.7. The Morgan fingerprint density at radius 2 is 1.76 bits per heavy atom. The lowest BCUT2D eigenvalue weighted by atomic mass is 9.96. The quantitative estimate of drug-likeness (QED) is 0.527. The van der Waals surface area contributed by atoms with Crippen LogP contribution in [0.2, 0.25) is 0 Å². The fraction of sp³-hybridized carbons (Fsp3) is 0.174. The number of rotatable bonds is 5. The van der Waals surface area contributed by atoms with Crippen molar-refractivity contribution in [2.75, 3.05) is 6.26 Å². The van der Waals surface area contributed by atoms with Gasteiger partial charge in [-0.15, -0.1) is 0 Å². The van der Waals surface area contributed by atoms with Gasteiger partial charge < -0.3 is 5.11 Å². The molecule has 150 valence electrons. The van der Waals surface area contributed by atoms with Gasteiger partial charge in [0.15, 0.2) is 9.84 Å². The molecule has 1 N–H and O–H groups in total. The minimum atomic E-state index is -3.27. The Balaban J connectivity index is 2.12. The molecule has 0 aliphatic carbocycles. The summed E-state index contributed by atoms with van der Waals surface area (Å²) < 4.78 is 24.5. The third-order valence-electron chi connectivity index (χ3n) is 4.50. The van der Waals surface area contributed by atoms with E-state index < -0.39 is 15.4 Å². The highest BCUT2D eigenvalue weighted by Gasteiger charge is 2.17. The van der Waals surface area contributed by atoms with E-state index in [1.165, 1.54) is 6.26 Å². The van der Waals surface area contributed by atoms with Crippen LogP contribution in [0, 0.1) is 0 Å². The molecule has 0 unspecified atom stereocenters. The van der Waals surface area contributed by atoms with Crippen molar-refractivity contribution in [3.8, 4) is 0 Å². The van der Waals surface area contributed by atoms with Gasteiger partial charge >= 0.3 is 0 Å². The van der Waals surface area contributed by atoms with Crippen molar-refractivity contribution in [1.29, 1.82) is 0 Å². The lowest BCUT2D eigenvalue weighted by Gasteiger charge is -2.18. The third kappa shape index (κ3) is 5.41. The standard InChI is InChI=1S/C23H22BrNO3S/c1-23(2,26)18-9-12-22(25-15-18)21(14-16-5-4-6-19(24)13-16)17-7-10-20(11-8-17)29(3,27)28/h4-15,26H,1-3H3. The molecule has 29 heavy (non-hydrogen) atoms. The number of nitrogens with zero attached hydrogens (tertiary/aromatic N) is 1. The van der Waals surface area contributed by atoms with Crippen molar-refractivity contribution in [3.63, 3.8) is 0 Å². The molecule has 1 aromatic heterocycles. The van der Waals surface area contributed by atoms with Gasteiger partial charge in [-0.2, -0.15) is 0 Å². The van der Waals surface area contributed by atoms with E-state index in [9.17, 15) is 13.5 Å². The van der Waals surface area contributed by atoms with Gasteiger partial charge in [-0.1, -0.05) is 46.3 Å². The molecular weight excluding hydrogens is 450 g/mol. The zero-order valence-electron chi connectivity index (χ0n) is 16.4. The summed E-state index contributed by atoms with van der Waals surface area (Å²) in [7, 11) is -3.27. The highest BCUT2D eigenvalue weighted by atomic mass is 79.9. The van der Waals surface area contributed by atoms with Crippen molar-refractivity contribution >= 4 is 37.4 Å². The highest BCUT2D eigenvalue weighted by molar-refractivity contribution is 9.10. The second-order valence-electron chi connectivity index (χ2n) is 7.40. The van der Waals surface area contributed by atoms with Crippen molar-refractivity contribution in [2.24, 2.45) is 0 Å². The van der Waals surface area contributed by atoms with Crippen LogP contribution in [0.5, 0.6) is 0 Å². The summed E-state index contributed by atoms with van der Waals surface area (Å²) in [5, 5.41) is 10.2. The Hall–Kier alpha value is -2.28. The first kappa shape index (κ1) is 21.4. The molecule has 0 spiro atoms. The first-order chi connectivity index (χ1) is 13.5. The summed E-state index contributed by atoms with van der Waals surface area (Å²) in [5.41, 5.74) is 3.15. The number of aliphatic hydroxyl groups is 1. The third-order valence-corrected chi connectivity index (χ3v) is 6.12. The van der Waals surface area contributed by atoms with Crippen LogP contribution in [0.15, 0.2) is 76.2 Å². The molecule has 6 heteroatoms.